The fourth-order valence-corrected chi connectivity index (χ4v) is 5.17. The van der Waals surface area contributed by atoms with E-state index in [4.69, 9.17) is 11.0 Å². The summed E-state index contributed by atoms with van der Waals surface area (Å²) in [5.74, 6) is 0.351. The molecule has 2 rings (SSSR count). The number of piperidine rings is 1. The number of hydrogen-bond donors (Lipinski definition) is 1. The van der Waals surface area contributed by atoms with E-state index < -0.39 is 10.0 Å². The summed E-state index contributed by atoms with van der Waals surface area (Å²) in [5, 5.41) is 8.78. The molecule has 1 saturated heterocycles. The van der Waals surface area contributed by atoms with Crippen LogP contribution in [0.15, 0.2) is 16.3 Å². The second-order valence-electron chi connectivity index (χ2n) is 4.68. The normalized spacial score (nSPS) is 21.2. The third-order valence-electron chi connectivity index (χ3n) is 3.34. The minimum Gasteiger partial charge on any atom is -0.330 e. The summed E-state index contributed by atoms with van der Waals surface area (Å²) < 4.78 is 26.7. The van der Waals surface area contributed by atoms with E-state index in [9.17, 15) is 8.42 Å². The molecule has 7 heteroatoms. The Labute approximate surface area is 117 Å². The number of nitrogens with two attached hydrogens (primary N) is 1. The van der Waals surface area contributed by atoms with E-state index >= 15 is 0 Å². The zero-order valence-electron chi connectivity index (χ0n) is 10.6. The molecule has 0 spiro atoms. The Bertz CT molecular complexity index is 572. The van der Waals surface area contributed by atoms with Gasteiger partial charge in [-0.25, -0.2) is 8.42 Å². The lowest BCUT2D eigenvalue weighted by molar-refractivity contribution is 0.258. The van der Waals surface area contributed by atoms with Crippen LogP contribution in [0, 0.1) is 17.2 Å². The van der Waals surface area contributed by atoms with Gasteiger partial charge in [-0.1, -0.05) is 0 Å². The zero-order chi connectivity index (χ0) is 13.9. The summed E-state index contributed by atoms with van der Waals surface area (Å²) >= 11 is 1.03. The lowest BCUT2D eigenvalue weighted by atomic mass is 9.96. The summed E-state index contributed by atoms with van der Waals surface area (Å²) in [4.78, 5) is 0.425. The fraction of sp³-hybridized carbons (Fsp3) is 0.583. The van der Waals surface area contributed by atoms with E-state index in [0.29, 0.717) is 30.4 Å². The van der Waals surface area contributed by atoms with Crippen molar-refractivity contribution in [2.24, 2.45) is 11.7 Å². The quantitative estimate of drug-likeness (QED) is 0.909. The Morgan fingerprint density at radius 2 is 2.32 bits per heavy atom. The first-order valence-corrected chi connectivity index (χ1v) is 8.53. The molecular weight excluding hydrogens is 282 g/mol. The van der Waals surface area contributed by atoms with E-state index in [1.807, 2.05) is 6.07 Å². The lowest BCUT2D eigenvalue weighted by Crippen LogP contribution is -2.40. The van der Waals surface area contributed by atoms with E-state index in [-0.39, 0.29) is 4.21 Å². The maximum absolute atomic E-state index is 12.5. The second-order valence-corrected chi connectivity index (χ2v) is 7.93. The fourth-order valence-electron chi connectivity index (χ4n) is 2.36. The third-order valence-corrected chi connectivity index (χ3v) is 6.66. The Morgan fingerprint density at radius 3 is 2.95 bits per heavy atom. The van der Waals surface area contributed by atoms with Crippen LogP contribution in [0.4, 0.5) is 0 Å². The largest absolute Gasteiger partial charge is 0.330 e. The standard InChI is InChI=1S/C12H17N3O2S2/c13-6-5-10-2-1-7-15(9-10)19(16,17)12-4-3-11(8-14)18-12/h3-4,10H,1-2,5-7,9,13H2. The van der Waals surface area contributed by atoms with Crippen LogP contribution in [0.1, 0.15) is 24.1 Å². The van der Waals surface area contributed by atoms with Crippen molar-refractivity contribution in [3.05, 3.63) is 17.0 Å². The van der Waals surface area contributed by atoms with Gasteiger partial charge >= 0.3 is 0 Å². The highest BCUT2D eigenvalue weighted by atomic mass is 32.2. The smallest absolute Gasteiger partial charge is 0.252 e. The van der Waals surface area contributed by atoms with E-state index in [1.165, 1.54) is 10.4 Å². The molecule has 0 radical (unpaired) electrons. The predicted molar refractivity (Wildman–Crippen MR) is 74.2 cm³/mol. The van der Waals surface area contributed by atoms with Gasteiger partial charge in [0.15, 0.2) is 0 Å². The molecule has 0 aromatic carbocycles. The summed E-state index contributed by atoms with van der Waals surface area (Å²) in [5.41, 5.74) is 5.54. The van der Waals surface area contributed by atoms with Crippen molar-refractivity contribution in [2.75, 3.05) is 19.6 Å². The number of rotatable bonds is 4. The highest BCUT2D eigenvalue weighted by molar-refractivity contribution is 7.91. The van der Waals surface area contributed by atoms with Gasteiger partial charge in [-0.05, 0) is 43.9 Å². The van der Waals surface area contributed by atoms with Crippen LogP contribution in [-0.2, 0) is 10.0 Å². The molecule has 0 bridgehead atoms. The Hall–Kier alpha value is -0.940. The van der Waals surface area contributed by atoms with Crippen molar-refractivity contribution >= 4 is 21.4 Å². The lowest BCUT2D eigenvalue weighted by Gasteiger charge is -2.31. The third kappa shape index (κ3) is 3.15. The number of nitriles is 1. The molecule has 1 aromatic heterocycles. The first-order valence-electron chi connectivity index (χ1n) is 6.28. The molecule has 2 heterocycles. The molecule has 0 saturated carbocycles. The number of nitrogens with zero attached hydrogens (tertiary/aromatic N) is 2. The first-order chi connectivity index (χ1) is 9.07. The Kier molecular flexibility index (Phi) is 4.58. The van der Waals surface area contributed by atoms with Crippen molar-refractivity contribution in [2.45, 2.75) is 23.5 Å². The topological polar surface area (TPSA) is 87.2 Å². The molecule has 1 aliphatic heterocycles. The predicted octanol–water partition coefficient (Wildman–Crippen LogP) is 1.37. The van der Waals surface area contributed by atoms with E-state index in [1.54, 1.807) is 6.07 Å². The van der Waals surface area contributed by atoms with Crippen LogP contribution in [0.2, 0.25) is 0 Å². The highest BCUT2D eigenvalue weighted by Gasteiger charge is 2.30. The maximum Gasteiger partial charge on any atom is 0.252 e. The molecular formula is C12H17N3O2S2. The maximum atomic E-state index is 12.5. The van der Waals surface area contributed by atoms with Crippen molar-refractivity contribution < 1.29 is 8.42 Å². The highest BCUT2D eigenvalue weighted by Crippen LogP contribution is 2.28. The van der Waals surface area contributed by atoms with Gasteiger partial charge < -0.3 is 5.73 Å². The van der Waals surface area contributed by atoms with Gasteiger partial charge in [-0.15, -0.1) is 11.3 Å². The van der Waals surface area contributed by atoms with Crippen LogP contribution >= 0.6 is 11.3 Å². The van der Waals surface area contributed by atoms with Gasteiger partial charge in [0.2, 0.25) is 0 Å². The van der Waals surface area contributed by atoms with Crippen LogP contribution in [-0.4, -0.2) is 32.4 Å². The zero-order valence-corrected chi connectivity index (χ0v) is 12.2. The number of thiophene rings is 1. The monoisotopic (exact) mass is 299 g/mol. The minimum atomic E-state index is -3.44. The van der Waals surface area contributed by atoms with Gasteiger partial charge in [0.1, 0.15) is 15.2 Å². The molecule has 1 aromatic rings. The molecule has 1 unspecified atom stereocenters. The minimum absolute atomic E-state index is 0.262. The Morgan fingerprint density at radius 1 is 1.53 bits per heavy atom. The SMILES string of the molecule is N#Cc1ccc(S(=O)(=O)N2CCCC(CCN)C2)s1. The molecule has 0 aliphatic carbocycles. The molecule has 5 nitrogen and oxygen atoms in total. The number of hydrogen-bond acceptors (Lipinski definition) is 5. The first kappa shape index (κ1) is 14.5. The molecule has 19 heavy (non-hydrogen) atoms. The molecule has 1 fully saturated rings. The molecule has 0 amide bonds. The van der Waals surface area contributed by atoms with Gasteiger partial charge in [0.05, 0.1) is 0 Å². The van der Waals surface area contributed by atoms with Crippen LogP contribution in [0.5, 0.6) is 0 Å². The van der Waals surface area contributed by atoms with Crippen LogP contribution < -0.4 is 5.73 Å². The number of sulfonamides is 1. The Balaban J connectivity index is 2.17. The van der Waals surface area contributed by atoms with Gasteiger partial charge in [-0.2, -0.15) is 9.57 Å². The van der Waals surface area contributed by atoms with E-state index in [0.717, 1.165) is 30.6 Å². The molecule has 2 N–H and O–H groups in total. The van der Waals surface area contributed by atoms with Crippen molar-refractivity contribution in [1.82, 2.24) is 4.31 Å². The summed E-state index contributed by atoms with van der Waals surface area (Å²) in [6.07, 6.45) is 2.78. The van der Waals surface area contributed by atoms with Crippen molar-refractivity contribution in [3.63, 3.8) is 0 Å². The average molecular weight is 299 g/mol. The van der Waals surface area contributed by atoms with Crippen LogP contribution in [0.3, 0.4) is 0 Å². The van der Waals surface area contributed by atoms with E-state index in [2.05, 4.69) is 0 Å². The molecule has 104 valence electrons. The van der Waals surface area contributed by atoms with Gasteiger partial charge in [-0.3, -0.25) is 0 Å². The molecule has 1 aliphatic rings. The van der Waals surface area contributed by atoms with Gasteiger partial charge in [0, 0.05) is 13.1 Å². The van der Waals surface area contributed by atoms with Crippen molar-refractivity contribution in [3.8, 4) is 6.07 Å². The van der Waals surface area contributed by atoms with Gasteiger partial charge in [0.25, 0.3) is 10.0 Å². The summed E-state index contributed by atoms with van der Waals surface area (Å²) in [6.45, 7) is 1.69. The summed E-state index contributed by atoms with van der Waals surface area (Å²) in [6, 6.07) is 5.04. The summed E-state index contributed by atoms with van der Waals surface area (Å²) in [7, 11) is -3.44. The van der Waals surface area contributed by atoms with Crippen molar-refractivity contribution in [1.29, 1.82) is 5.26 Å². The van der Waals surface area contributed by atoms with Crippen LogP contribution in [0.25, 0.3) is 0 Å². The average Bonchev–Trinajstić information content (AvgIpc) is 2.89. The second kappa shape index (κ2) is 6.01. The molecule has 1 atom stereocenters.